The fourth-order valence-corrected chi connectivity index (χ4v) is 6.97. The lowest BCUT2D eigenvalue weighted by Crippen LogP contribution is -2.27. The summed E-state index contributed by atoms with van der Waals surface area (Å²) in [6.07, 6.45) is 3.35. The Morgan fingerprint density at radius 1 is 1.03 bits per heavy atom. The number of hydrogen-bond acceptors (Lipinski definition) is 6. The van der Waals surface area contributed by atoms with Crippen LogP contribution in [0.1, 0.15) is 39.9 Å². The van der Waals surface area contributed by atoms with Crippen LogP contribution in [-0.4, -0.2) is 48.3 Å². The molecule has 3 heterocycles. The van der Waals surface area contributed by atoms with Crippen LogP contribution in [0.25, 0.3) is 0 Å². The van der Waals surface area contributed by atoms with Crippen LogP contribution in [0, 0.1) is 0 Å². The zero-order valence-electron chi connectivity index (χ0n) is 18.9. The molecule has 8 nitrogen and oxygen atoms in total. The Labute approximate surface area is 208 Å². The summed E-state index contributed by atoms with van der Waals surface area (Å²) in [7, 11) is -3.49. The van der Waals surface area contributed by atoms with E-state index in [1.54, 1.807) is 53.3 Å². The molecule has 2 aliphatic rings. The summed E-state index contributed by atoms with van der Waals surface area (Å²) >= 11 is 1.54. The number of nitrogens with one attached hydrogen (secondary N) is 1. The second-order valence-electron chi connectivity index (χ2n) is 8.48. The molecule has 182 valence electrons. The molecule has 2 saturated heterocycles. The Kier molecular flexibility index (Phi) is 6.68. The third-order valence-electron chi connectivity index (χ3n) is 6.15. The highest BCUT2D eigenvalue weighted by Crippen LogP contribution is 2.39. The van der Waals surface area contributed by atoms with Gasteiger partial charge in [0.05, 0.1) is 23.5 Å². The fraction of sp³-hybridized carbons (Fsp3) is 0.280. The predicted octanol–water partition coefficient (Wildman–Crippen LogP) is 4.09. The van der Waals surface area contributed by atoms with Gasteiger partial charge in [0.15, 0.2) is 0 Å². The number of benzene rings is 2. The summed E-state index contributed by atoms with van der Waals surface area (Å²) in [5, 5.41) is 2.67. The number of carbonyl (C=O) groups excluding carboxylic acids is 2. The van der Waals surface area contributed by atoms with Gasteiger partial charge in [0, 0.05) is 24.3 Å². The number of anilines is 1. The molecule has 0 spiro atoms. The SMILES string of the molecule is O=C(Nc1ccc(S(=O)(=O)N2CCCC2)cc1)c1ccc([C@@H]2SCC(=O)N2Cc2ccco2)cc1. The molecule has 2 aromatic carbocycles. The van der Waals surface area contributed by atoms with Crippen molar-refractivity contribution in [2.75, 3.05) is 24.2 Å². The average molecular weight is 512 g/mol. The third-order valence-corrected chi connectivity index (χ3v) is 9.32. The van der Waals surface area contributed by atoms with E-state index in [2.05, 4.69) is 5.32 Å². The summed E-state index contributed by atoms with van der Waals surface area (Å²) in [6, 6.07) is 17.0. The molecule has 35 heavy (non-hydrogen) atoms. The number of nitrogens with zero attached hydrogens (tertiary/aromatic N) is 2. The summed E-state index contributed by atoms with van der Waals surface area (Å²) in [6.45, 7) is 1.49. The highest BCUT2D eigenvalue weighted by atomic mass is 32.2. The molecule has 3 aromatic rings. The van der Waals surface area contributed by atoms with E-state index in [9.17, 15) is 18.0 Å². The van der Waals surface area contributed by atoms with Gasteiger partial charge in [0.2, 0.25) is 15.9 Å². The number of carbonyl (C=O) groups is 2. The molecule has 2 aliphatic heterocycles. The van der Waals surface area contributed by atoms with Gasteiger partial charge in [-0.1, -0.05) is 12.1 Å². The number of sulfonamides is 1. The van der Waals surface area contributed by atoms with E-state index < -0.39 is 10.0 Å². The van der Waals surface area contributed by atoms with Crippen LogP contribution in [0.5, 0.6) is 0 Å². The van der Waals surface area contributed by atoms with Crippen LogP contribution in [0.3, 0.4) is 0 Å². The van der Waals surface area contributed by atoms with Crippen LogP contribution in [0.2, 0.25) is 0 Å². The molecule has 1 atom stereocenters. The Bertz CT molecular complexity index is 1300. The number of furan rings is 1. The minimum absolute atomic E-state index is 0.0495. The molecule has 1 N–H and O–H groups in total. The van der Waals surface area contributed by atoms with Gasteiger partial charge >= 0.3 is 0 Å². The first-order valence-corrected chi connectivity index (χ1v) is 13.9. The molecule has 0 radical (unpaired) electrons. The quantitative estimate of drug-likeness (QED) is 0.513. The molecule has 5 rings (SSSR count). The summed E-state index contributed by atoms with van der Waals surface area (Å²) in [5.74, 6) is 0.876. The largest absolute Gasteiger partial charge is 0.467 e. The smallest absolute Gasteiger partial charge is 0.255 e. The topological polar surface area (TPSA) is 99.9 Å². The summed E-state index contributed by atoms with van der Waals surface area (Å²) in [4.78, 5) is 27.1. The lowest BCUT2D eigenvalue weighted by Gasteiger charge is -2.23. The van der Waals surface area contributed by atoms with Gasteiger partial charge in [-0.2, -0.15) is 4.31 Å². The van der Waals surface area contributed by atoms with Crippen molar-refractivity contribution < 1.29 is 22.4 Å². The minimum atomic E-state index is -3.49. The van der Waals surface area contributed by atoms with E-state index in [-0.39, 0.29) is 22.1 Å². The van der Waals surface area contributed by atoms with Crippen molar-refractivity contribution in [1.29, 1.82) is 0 Å². The van der Waals surface area contributed by atoms with Crippen molar-refractivity contribution in [3.05, 3.63) is 83.8 Å². The first-order chi connectivity index (χ1) is 16.9. The Hall–Kier alpha value is -3.08. The van der Waals surface area contributed by atoms with Crippen molar-refractivity contribution >= 4 is 39.3 Å². The second kappa shape index (κ2) is 9.88. The number of amides is 2. The van der Waals surface area contributed by atoms with Crippen LogP contribution in [0.4, 0.5) is 5.69 Å². The van der Waals surface area contributed by atoms with Crippen molar-refractivity contribution in [1.82, 2.24) is 9.21 Å². The van der Waals surface area contributed by atoms with Crippen molar-refractivity contribution in [2.45, 2.75) is 29.7 Å². The average Bonchev–Trinajstić information content (AvgIpc) is 3.64. The zero-order chi connectivity index (χ0) is 24.4. The molecule has 0 aliphatic carbocycles. The third kappa shape index (κ3) is 5.00. The second-order valence-corrected chi connectivity index (χ2v) is 11.5. The lowest BCUT2D eigenvalue weighted by atomic mass is 10.1. The Morgan fingerprint density at radius 3 is 2.40 bits per heavy atom. The van der Waals surface area contributed by atoms with E-state index in [1.807, 2.05) is 18.2 Å². The normalized spacial score (nSPS) is 18.8. The highest BCUT2D eigenvalue weighted by Gasteiger charge is 2.33. The van der Waals surface area contributed by atoms with Gasteiger partial charge in [-0.25, -0.2) is 8.42 Å². The van der Waals surface area contributed by atoms with Crippen molar-refractivity contribution in [3.63, 3.8) is 0 Å². The number of thioether (sulfide) groups is 1. The molecule has 2 amide bonds. The number of rotatable bonds is 7. The van der Waals surface area contributed by atoms with Gasteiger partial charge in [0.1, 0.15) is 11.1 Å². The van der Waals surface area contributed by atoms with Gasteiger partial charge in [0.25, 0.3) is 5.91 Å². The zero-order valence-corrected chi connectivity index (χ0v) is 20.6. The van der Waals surface area contributed by atoms with Crippen LogP contribution < -0.4 is 5.32 Å². The first-order valence-electron chi connectivity index (χ1n) is 11.4. The van der Waals surface area contributed by atoms with E-state index in [4.69, 9.17) is 4.42 Å². The maximum absolute atomic E-state index is 12.7. The van der Waals surface area contributed by atoms with E-state index >= 15 is 0 Å². The maximum atomic E-state index is 12.7. The molecule has 0 unspecified atom stereocenters. The summed E-state index contributed by atoms with van der Waals surface area (Å²) in [5.41, 5.74) is 1.91. The molecular formula is C25H25N3O5S2. The van der Waals surface area contributed by atoms with Gasteiger partial charge in [-0.3, -0.25) is 9.59 Å². The number of hydrogen-bond donors (Lipinski definition) is 1. The first kappa shape index (κ1) is 23.7. The molecule has 1 aromatic heterocycles. The highest BCUT2D eigenvalue weighted by molar-refractivity contribution is 8.00. The molecule has 2 fully saturated rings. The Balaban J connectivity index is 1.24. The summed E-state index contributed by atoms with van der Waals surface area (Å²) < 4.78 is 32.2. The maximum Gasteiger partial charge on any atom is 0.255 e. The van der Waals surface area contributed by atoms with Gasteiger partial charge < -0.3 is 14.6 Å². The lowest BCUT2D eigenvalue weighted by molar-refractivity contribution is -0.128. The van der Waals surface area contributed by atoms with Crippen LogP contribution in [0.15, 0.2) is 76.2 Å². The van der Waals surface area contributed by atoms with Crippen molar-refractivity contribution in [3.8, 4) is 0 Å². The van der Waals surface area contributed by atoms with E-state index in [0.717, 1.165) is 24.2 Å². The fourth-order valence-electron chi connectivity index (χ4n) is 4.26. The minimum Gasteiger partial charge on any atom is -0.467 e. The van der Waals surface area contributed by atoms with Gasteiger partial charge in [-0.15, -0.1) is 11.8 Å². The van der Waals surface area contributed by atoms with E-state index in [0.29, 0.717) is 36.6 Å². The standard InChI is InChI=1S/C25H25N3O5S2/c29-23-17-34-25(28(23)16-21-4-3-15-33-21)19-7-5-18(6-8-19)24(30)26-20-9-11-22(12-10-20)35(31,32)27-13-1-2-14-27/h3-12,15,25H,1-2,13-14,16-17H2,(H,26,30)/t25-/m0/s1. The van der Waals surface area contributed by atoms with Gasteiger partial charge in [-0.05, 0) is 66.9 Å². The van der Waals surface area contributed by atoms with Crippen LogP contribution in [-0.2, 0) is 21.4 Å². The van der Waals surface area contributed by atoms with Crippen LogP contribution >= 0.6 is 11.8 Å². The molecule has 0 saturated carbocycles. The molecular weight excluding hydrogens is 486 g/mol. The molecule has 10 heteroatoms. The van der Waals surface area contributed by atoms with Crippen molar-refractivity contribution in [2.24, 2.45) is 0 Å². The molecule has 0 bridgehead atoms. The Morgan fingerprint density at radius 2 is 1.74 bits per heavy atom. The predicted molar refractivity (Wildman–Crippen MR) is 133 cm³/mol. The monoisotopic (exact) mass is 511 g/mol. The van der Waals surface area contributed by atoms with E-state index in [1.165, 1.54) is 16.4 Å².